The third-order valence-electron chi connectivity index (χ3n) is 4.02. The number of fused-ring (bicyclic) bond motifs is 1. The molecule has 25 heavy (non-hydrogen) atoms. The molecule has 0 fully saturated rings. The first-order valence-corrected chi connectivity index (χ1v) is 7.82. The molecule has 0 aliphatic heterocycles. The average molecular weight is 339 g/mol. The van der Waals surface area contributed by atoms with Gasteiger partial charge in [0.15, 0.2) is 0 Å². The Balaban J connectivity index is 1.74. The van der Waals surface area contributed by atoms with E-state index in [-0.39, 0.29) is 17.6 Å². The molecule has 2 amide bonds. The van der Waals surface area contributed by atoms with Crippen molar-refractivity contribution in [2.75, 3.05) is 14.1 Å². The van der Waals surface area contributed by atoms with Gasteiger partial charge < -0.3 is 15.2 Å². The van der Waals surface area contributed by atoms with Crippen LogP contribution in [0.25, 0.3) is 10.9 Å². The van der Waals surface area contributed by atoms with Gasteiger partial charge in [-0.15, -0.1) is 0 Å². The molecule has 0 unspecified atom stereocenters. The highest BCUT2D eigenvalue weighted by molar-refractivity contribution is 5.98. The molecule has 3 rings (SSSR count). The molecular formula is C19H18FN3O2. The Morgan fingerprint density at radius 3 is 2.52 bits per heavy atom. The van der Waals surface area contributed by atoms with E-state index in [9.17, 15) is 14.0 Å². The first kappa shape index (κ1) is 16.7. The molecule has 2 N–H and O–H groups in total. The number of rotatable bonds is 4. The zero-order chi connectivity index (χ0) is 18.0. The fourth-order valence-electron chi connectivity index (χ4n) is 2.68. The number of nitrogens with one attached hydrogen (secondary N) is 2. The van der Waals surface area contributed by atoms with E-state index in [2.05, 4.69) is 10.3 Å². The second kappa shape index (κ2) is 6.76. The van der Waals surface area contributed by atoms with Gasteiger partial charge in [-0.2, -0.15) is 0 Å². The zero-order valence-corrected chi connectivity index (χ0v) is 14.0. The van der Waals surface area contributed by atoms with Crippen LogP contribution in [0.15, 0.2) is 48.5 Å². The topological polar surface area (TPSA) is 65.2 Å². The number of H-pyrrole nitrogens is 1. The molecule has 0 atom stereocenters. The maximum absolute atomic E-state index is 13.3. The quantitative estimate of drug-likeness (QED) is 0.767. The van der Waals surface area contributed by atoms with Crippen LogP contribution in [-0.4, -0.2) is 35.8 Å². The van der Waals surface area contributed by atoms with Crippen LogP contribution in [0.3, 0.4) is 0 Å². The van der Waals surface area contributed by atoms with Crippen LogP contribution in [0.5, 0.6) is 0 Å². The van der Waals surface area contributed by atoms with E-state index in [1.54, 1.807) is 43.3 Å². The van der Waals surface area contributed by atoms with Crippen molar-refractivity contribution in [2.45, 2.75) is 6.54 Å². The van der Waals surface area contributed by atoms with E-state index in [1.807, 2.05) is 12.1 Å². The summed E-state index contributed by atoms with van der Waals surface area (Å²) in [5, 5.41) is 3.22. The van der Waals surface area contributed by atoms with E-state index in [4.69, 9.17) is 0 Å². The largest absolute Gasteiger partial charge is 0.355 e. The molecule has 0 bridgehead atoms. The number of amides is 2. The van der Waals surface area contributed by atoms with Crippen LogP contribution in [-0.2, 0) is 6.54 Å². The van der Waals surface area contributed by atoms with Crippen molar-refractivity contribution in [2.24, 2.45) is 0 Å². The summed E-state index contributed by atoms with van der Waals surface area (Å²) in [6.45, 7) is 0.399. The molecule has 0 spiro atoms. The number of carbonyl (C=O) groups is 2. The fourth-order valence-corrected chi connectivity index (χ4v) is 2.68. The van der Waals surface area contributed by atoms with Crippen molar-refractivity contribution in [1.82, 2.24) is 15.2 Å². The number of aromatic amines is 1. The standard InChI is InChI=1S/C19H18FN3O2/c1-21-18(24)13-5-3-12(4-6-13)11-23(2)19(25)17-10-14-9-15(20)7-8-16(14)22-17/h3-10,22H,11H2,1-2H3,(H,21,24). The van der Waals surface area contributed by atoms with E-state index in [0.29, 0.717) is 28.7 Å². The minimum atomic E-state index is -0.338. The van der Waals surface area contributed by atoms with Crippen LogP contribution < -0.4 is 5.32 Å². The van der Waals surface area contributed by atoms with Gasteiger partial charge >= 0.3 is 0 Å². The van der Waals surface area contributed by atoms with Crippen LogP contribution in [0, 0.1) is 5.82 Å². The van der Waals surface area contributed by atoms with Gasteiger partial charge in [0.05, 0.1) is 0 Å². The van der Waals surface area contributed by atoms with Crippen LogP contribution in [0.2, 0.25) is 0 Å². The van der Waals surface area contributed by atoms with E-state index < -0.39 is 0 Å². The zero-order valence-electron chi connectivity index (χ0n) is 14.0. The lowest BCUT2D eigenvalue weighted by Crippen LogP contribution is -2.26. The van der Waals surface area contributed by atoms with Gasteiger partial charge in [-0.1, -0.05) is 12.1 Å². The number of aromatic nitrogens is 1. The summed E-state index contributed by atoms with van der Waals surface area (Å²) in [4.78, 5) is 28.7. The monoisotopic (exact) mass is 339 g/mol. The summed E-state index contributed by atoms with van der Waals surface area (Å²) >= 11 is 0. The SMILES string of the molecule is CNC(=O)c1ccc(CN(C)C(=O)c2cc3cc(F)ccc3[nH]2)cc1. The minimum Gasteiger partial charge on any atom is -0.355 e. The fraction of sp³-hybridized carbons (Fsp3) is 0.158. The van der Waals surface area contributed by atoms with Crippen molar-refractivity contribution in [1.29, 1.82) is 0 Å². The van der Waals surface area contributed by atoms with Crippen LogP contribution in [0.4, 0.5) is 4.39 Å². The molecule has 1 heterocycles. The molecule has 0 aliphatic rings. The second-order valence-electron chi connectivity index (χ2n) is 5.85. The van der Waals surface area contributed by atoms with E-state index >= 15 is 0 Å². The van der Waals surface area contributed by atoms with Gasteiger partial charge in [-0.05, 0) is 42.0 Å². The van der Waals surface area contributed by atoms with Gasteiger partial charge in [0.1, 0.15) is 11.5 Å². The molecule has 2 aromatic carbocycles. The highest BCUT2D eigenvalue weighted by Gasteiger charge is 2.15. The molecular weight excluding hydrogens is 321 g/mol. The summed E-state index contributed by atoms with van der Waals surface area (Å²) in [5.74, 6) is -0.677. The summed E-state index contributed by atoms with van der Waals surface area (Å²) < 4.78 is 13.3. The van der Waals surface area contributed by atoms with Crippen LogP contribution >= 0.6 is 0 Å². The number of nitrogens with zero attached hydrogens (tertiary/aromatic N) is 1. The third-order valence-corrected chi connectivity index (χ3v) is 4.02. The van der Waals surface area contributed by atoms with Crippen molar-refractivity contribution in [3.63, 3.8) is 0 Å². The third kappa shape index (κ3) is 3.52. The molecule has 0 saturated carbocycles. The van der Waals surface area contributed by atoms with Gasteiger partial charge in [-0.25, -0.2) is 4.39 Å². The van der Waals surface area contributed by atoms with Gasteiger partial charge in [0.25, 0.3) is 11.8 Å². The van der Waals surface area contributed by atoms with Crippen LogP contribution in [0.1, 0.15) is 26.4 Å². The molecule has 5 nitrogen and oxygen atoms in total. The number of carbonyl (C=O) groups excluding carboxylic acids is 2. The smallest absolute Gasteiger partial charge is 0.270 e. The van der Waals surface area contributed by atoms with Gasteiger partial charge in [0, 0.05) is 37.1 Å². The number of halogens is 1. The molecule has 6 heteroatoms. The lowest BCUT2D eigenvalue weighted by molar-refractivity contribution is 0.0780. The Morgan fingerprint density at radius 2 is 1.84 bits per heavy atom. The minimum absolute atomic E-state index is 0.152. The molecule has 0 radical (unpaired) electrons. The van der Waals surface area contributed by atoms with E-state index in [1.165, 1.54) is 12.1 Å². The van der Waals surface area contributed by atoms with Crippen molar-refractivity contribution >= 4 is 22.7 Å². The molecule has 128 valence electrons. The Hall–Kier alpha value is -3.15. The Kier molecular flexibility index (Phi) is 4.52. The predicted molar refractivity (Wildman–Crippen MR) is 93.9 cm³/mol. The number of hydrogen-bond acceptors (Lipinski definition) is 2. The maximum Gasteiger partial charge on any atom is 0.270 e. The summed E-state index contributed by atoms with van der Waals surface area (Å²) in [7, 11) is 3.27. The molecule has 0 aliphatic carbocycles. The summed E-state index contributed by atoms with van der Waals surface area (Å²) in [6, 6.07) is 13.1. The highest BCUT2D eigenvalue weighted by Crippen LogP contribution is 2.18. The molecule has 1 aromatic heterocycles. The van der Waals surface area contributed by atoms with Crippen molar-refractivity contribution in [3.05, 3.63) is 71.2 Å². The Morgan fingerprint density at radius 1 is 1.12 bits per heavy atom. The Bertz CT molecular complexity index is 931. The lowest BCUT2D eigenvalue weighted by atomic mass is 10.1. The number of hydrogen-bond donors (Lipinski definition) is 2. The lowest BCUT2D eigenvalue weighted by Gasteiger charge is -2.16. The van der Waals surface area contributed by atoms with E-state index in [0.717, 1.165) is 5.56 Å². The van der Waals surface area contributed by atoms with Gasteiger partial charge in [-0.3, -0.25) is 9.59 Å². The summed E-state index contributed by atoms with van der Waals surface area (Å²) in [6.07, 6.45) is 0. The maximum atomic E-state index is 13.3. The highest BCUT2D eigenvalue weighted by atomic mass is 19.1. The molecule has 0 saturated heterocycles. The summed E-state index contributed by atoms with van der Waals surface area (Å²) in [5.41, 5.74) is 2.60. The van der Waals surface area contributed by atoms with Crippen molar-refractivity contribution < 1.29 is 14.0 Å². The Labute approximate surface area is 144 Å². The molecule has 3 aromatic rings. The van der Waals surface area contributed by atoms with Crippen molar-refractivity contribution in [3.8, 4) is 0 Å². The first-order chi connectivity index (χ1) is 12.0. The number of benzene rings is 2. The first-order valence-electron chi connectivity index (χ1n) is 7.82. The normalized spacial score (nSPS) is 10.7. The average Bonchev–Trinajstić information content (AvgIpc) is 3.04. The predicted octanol–water partition coefficient (Wildman–Crippen LogP) is 2.94. The van der Waals surface area contributed by atoms with Gasteiger partial charge in [0.2, 0.25) is 0 Å². The second-order valence-corrected chi connectivity index (χ2v) is 5.85.